The van der Waals surface area contributed by atoms with Gasteiger partial charge in [-0.25, -0.2) is 4.90 Å². The molecule has 5 rings (SSSR count). The zero-order chi connectivity index (χ0) is 22.1. The number of amides is 2. The van der Waals surface area contributed by atoms with Gasteiger partial charge in [-0.2, -0.15) is 0 Å². The first kappa shape index (κ1) is 20.8. The minimum absolute atomic E-state index is 0.145. The van der Waals surface area contributed by atoms with Gasteiger partial charge in [-0.3, -0.25) is 19.4 Å². The van der Waals surface area contributed by atoms with Gasteiger partial charge in [0.05, 0.1) is 24.8 Å². The Morgan fingerprint density at radius 3 is 2.62 bits per heavy atom. The summed E-state index contributed by atoms with van der Waals surface area (Å²) in [7, 11) is 0. The van der Waals surface area contributed by atoms with Crippen LogP contribution in [0.25, 0.3) is 0 Å². The molecule has 0 aliphatic carbocycles. The van der Waals surface area contributed by atoms with Gasteiger partial charge in [-0.15, -0.1) is 0 Å². The van der Waals surface area contributed by atoms with Gasteiger partial charge in [0, 0.05) is 38.8 Å². The molecule has 168 valence electrons. The topological polar surface area (TPSA) is 71.6 Å². The van der Waals surface area contributed by atoms with Crippen LogP contribution in [0.4, 0.5) is 5.69 Å². The fourth-order valence-electron chi connectivity index (χ4n) is 4.58. The van der Waals surface area contributed by atoms with E-state index in [1.807, 2.05) is 31.2 Å². The van der Waals surface area contributed by atoms with Crippen molar-refractivity contribution in [3.05, 3.63) is 48.0 Å². The molecule has 0 saturated carbocycles. The third-order valence-corrected chi connectivity index (χ3v) is 6.20. The molecule has 1 atom stereocenters. The SMILES string of the molecule is CCOc1cccc(N2C(=O)C[C@@H](N3CCN(Cc4ccc5c(c4)OCO5)CC3)C2=O)c1. The zero-order valence-electron chi connectivity index (χ0n) is 18.2. The highest BCUT2D eigenvalue weighted by Crippen LogP contribution is 2.33. The van der Waals surface area contributed by atoms with Crippen LogP contribution in [0, 0.1) is 0 Å². The molecule has 2 amide bonds. The summed E-state index contributed by atoms with van der Waals surface area (Å²) in [6.45, 7) is 6.71. The monoisotopic (exact) mass is 437 g/mol. The fraction of sp³-hybridized carbons (Fsp3) is 0.417. The second-order valence-electron chi connectivity index (χ2n) is 8.22. The van der Waals surface area contributed by atoms with Crippen molar-refractivity contribution in [3.63, 3.8) is 0 Å². The van der Waals surface area contributed by atoms with E-state index >= 15 is 0 Å². The molecule has 0 spiro atoms. The summed E-state index contributed by atoms with van der Waals surface area (Å²) >= 11 is 0. The summed E-state index contributed by atoms with van der Waals surface area (Å²) in [4.78, 5) is 31.7. The number of carbonyl (C=O) groups excluding carboxylic acids is 2. The van der Waals surface area contributed by atoms with Gasteiger partial charge in [-0.05, 0) is 36.8 Å². The molecule has 2 aromatic rings. The smallest absolute Gasteiger partial charge is 0.251 e. The van der Waals surface area contributed by atoms with Gasteiger partial charge in [-0.1, -0.05) is 12.1 Å². The number of carbonyl (C=O) groups is 2. The number of hydrogen-bond acceptors (Lipinski definition) is 7. The summed E-state index contributed by atoms with van der Waals surface area (Å²) in [5.74, 6) is 1.94. The standard InChI is InChI=1S/C24H27N3O5/c1-2-30-19-5-3-4-18(13-19)27-23(28)14-20(24(27)29)26-10-8-25(9-11-26)15-17-6-7-21-22(12-17)32-16-31-21/h3-7,12-13,20H,2,8-11,14-16H2,1H3/t20-/m1/s1. The van der Waals surface area contributed by atoms with Gasteiger partial charge in [0.25, 0.3) is 5.91 Å². The van der Waals surface area contributed by atoms with Crippen molar-refractivity contribution >= 4 is 17.5 Å². The highest BCUT2D eigenvalue weighted by atomic mass is 16.7. The van der Waals surface area contributed by atoms with E-state index in [2.05, 4.69) is 15.9 Å². The van der Waals surface area contributed by atoms with Gasteiger partial charge in [0.2, 0.25) is 12.7 Å². The lowest BCUT2D eigenvalue weighted by molar-refractivity contribution is -0.123. The maximum atomic E-state index is 13.1. The summed E-state index contributed by atoms with van der Waals surface area (Å²) < 4.78 is 16.4. The van der Waals surface area contributed by atoms with Crippen LogP contribution >= 0.6 is 0 Å². The first-order valence-corrected chi connectivity index (χ1v) is 11.1. The van der Waals surface area contributed by atoms with Crippen molar-refractivity contribution in [2.75, 3.05) is 44.5 Å². The maximum absolute atomic E-state index is 13.1. The lowest BCUT2D eigenvalue weighted by Crippen LogP contribution is -2.52. The molecule has 8 heteroatoms. The zero-order valence-corrected chi connectivity index (χ0v) is 18.2. The molecule has 3 aliphatic heterocycles. The predicted molar refractivity (Wildman–Crippen MR) is 118 cm³/mol. The van der Waals surface area contributed by atoms with E-state index < -0.39 is 6.04 Å². The first-order valence-electron chi connectivity index (χ1n) is 11.1. The van der Waals surface area contributed by atoms with E-state index in [9.17, 15) is 9.59 Å². The highest BCUT2D eigenvalue weighted by Gasteiger charge is 2.43. The molecular formula is C24H27N3O5. The van der Waals surface area contributed by atoms with Gasteiger partial charge in [0.1, 0.15) is 5.75 Å². The third-order valence-electron chi connectivity index (χ3n) is 6.20. The van der Waals surface area contributed by atoms with Crippen molar-refractivity contribution in [2.24, 2.45) is 0 Å². The molecule has 3 heterocycles. The minimum atomic E-state index is -0.397. The van der Waals surface area contributed by atoms with Crippen molar-refractivity contribution in [2.45, 2.75) is 25.9 Å². The third kappa shape index (κ3) is 4.03. The average molecular weight is 437 g/mol. The van der Waals surface area contributed by atoms with E-state index in [0.29, 0.717) is 18.0 Å². The second-order valence-corrected chi connectivity index (χ2v) is 8.22. The van der Waals surface area contributed by atoms with E-state index in [1.54, 1.807) is 12.1 Å². The summed E-state index contributed by atoms with van der Waals surface area (Å²) in [6.07, 6.45) is 0.222. The van der Waals surface area contributed by atoms with Gasteiger partial charge in [0.15, 0.2) is 11.5 Å². The van der Waals surface area contributed by atoms with Crippen LogP contribution in [0.15, 0.2) is 42.5 Å². The molecule has 8 nitrogen and oxygen atoms in total. The van der Waals surface area contributed by atoms with Crippen LogP contribution in [-0.4, -0.2) is 67.2 Å². The molecule has 0 N–H and O–H groups in total. The van der Waals surface area contributed by atoms with Crippen LogP contribution in [-0.2, 0) is 16.1 Å². The van der Waals surface area contributed by atoms with Crippen LogP contribution < -0.4 is 19.1 Å². The maximum Gasteiger partial charge on any atom is 0.251 e. The lowest BCUT2D eigenvalue weighted by Gasteiger charge is -2.37. The Labute approximate surface area is 187 Å². The van der Waals surface area contributed by atoms with Gasteiger partial charge >= 0.3 is 0 Å². The molecule has 0 radical (unpaired) electrons. The quantitative estimate of drug-likeness (QED) is 0.642. The van der Waals surface area contributed by atoms with Crippen LogP contribution in [0.3, 0.4) is 0 Å². The average Bonchev–Trinajstić information content (AvgIpc) is 3.38. The molecule has 0 aromatic heterocycles. The van der Waals surface area contributed by atoms with Crippen molar-refractivity contribution < 1.29 is 23.8 Å². The Balaban J connectivity index is 1.20. The Hall–Kier alpha value is -3.10. The molecule has 2 fully saturated rings. The number of anilines is 1. The number of hydrogen-bond donors (Lipinski definition) is 0. The van der Waals surface area contributed by atoms with Crippen LogP contribution in [0.2, 0.25) is 0 Å². The highest BCUT2D eigenvalue weighted by molar-refractivity contribution is 6.22. The molecule has 0 unspecified atom stereocenters. The summed E-state index contributed by atoms with van der Waals surface area (Å²) in [5.41, 5.74) is 1.75. The van der Waals surface area contributed by atoms with E-state index in [0.717, 1.165) is 44.2 Å². The van der Waals surface area contributed by atoms with Gasteiger partial charge < -0.3 is 14.2 Å². The normalized spacial score (nSPS) is 21.4. The Kier molecular flexibility index (Phi) is 5.71. The number of fused-ring (bicyclic) bond motifs is 1. The molecule has 32 heavy (non-hydrogen) atoms. The van der Waals surface area contributed by atoms with Crippen molar-refractivity contribution in [1.29, 1.82) is 0 Å². The molecule has 3 aliphatic rings. The van der Waals surface area contributed by atoms with E-state index in [4.69, 9.17) is 14.2 Å². The second kappa shape index (κ2) is 8.80. The number of imide groups is 1. The number of piperazine rings is 1. The number of benzene rings is 2. The number of ether oxygens (including phenoxy) is 3. The van der Waals surface area contributed by atoms with E-state index in [1.165, 1.54) is 10.5 Å². The molecule has 2 aromatic carbocycles. The van der Waals surface area contributed by atoms with Crippen molar-refractivity contribution in [3.8, 4) is 17.2 Å². The molecular weight excluding hydrogens is 410 g/mol. The van der Waals surface area contributed by atoms with Crippen molar-refractivity contribution in [1.82, 2.24) is 9.80 Å². The first-order chi connectivity index (χ1) is 15.6. The fourth-order valence-corrected chi connectivity index (χ4v) is 4.58. The predicted octanol–water partition coefficient (Wildman–Crippen LogP) is 2.26. The molecule has 2 saturated heterocycles. The van der Waals surface area contributed by atoms with Crippen LogP contribution in [0.5, 0.6) is 17.2 Å². The Morgan fingerprint density at radius 2 is 1.81 bits per heavy atom. The largest absolute Gasteiger partial charge is 0.494 e. The lowest BCUT2D eigenvalue weighted by atomic mass is 10.1. The summed E-state index contributed by atoms with van der Waals surface area (Å²) in [5, 5.41) is 0. The minimum Gasteiger partial charge on any atom is -0.494 e. The molecule has 0 bridgehead atoms. The Bertz CT molecular complexity index is 1020. The number of nitrogens with zero attached hydrogens (tertiary/aromatic N) is 3. The Morgan fingerprint density at radius 1 is 1.00 bits per heavy atom. The summed E-state index contributed by atoms with van der Waals surface area (Å²) in [6, 6.07) is 12.8. The van der Waals surface area contributed by atoms with Crippen LogP contribution in [0.1, 0.15) is 18.9 Å². The van der Waals surface area contributed by atoms with E-state index in [-0.39, 0.29) is 25.0 Å². The number of rotatable bonds is 6.